The molecule has 0 radical (unpaired) electrons. The molecule has 1 aromatic heterocycles. The van der Waals surface area contributed by atoms with Crippen molar-refractivity contribution in [3.8, 4) is 0 Å². The summed E-state index contributed by atoms with van der Waals surface area (Å²) < 4.78 is 26.7. The van der Waals surface area contributed by atoms with Crippen LogP contribution in [-0.4, -0.2) is 18.1 Å². The van der Waals surface area contributed by atoms with E-state index in [1.165, 1.54) is 0 Å². The lowest BCUT2D eigenvalue weighted by Crippen LogP contribution is -2.17. The molecule has 18 heavy (non-hydrogen) atoms. The van der Waals surface area contributed by atoms with Crippen LogP contribution in [-0.2, 0) is 0 Å². The zero-order valence-corrected chi connectivity index (χ0v) is 11.2. The number of unbranched alkanes of at least 4 members (excludes halogenated alkanes) is 2. The first-order valence-corrected chi connectivity index (χ1v) is 6.38. The lowest BCUT2D eigenvalue weighted by Gasteiger charge is -2.15. The van der Waals surface area contributed by atoms with Crippen LogP contribution in [0.25, 0.3) is 0 Å². The van der Waals surface area contributed by atoms with Crippen molar-refractivity contribution in [2.75, 3.05) is 17.7 Å². The summed E-state index contributed by atoms with van der Waals surface area (Å²) in [6.45, 7) is 4.11. The highest BCUT2D eigenvalue weighted by atomic mass is 19.1. The third-order valence-corrected chi connectivity index (χ3v) is 2.79. The van der Waals surface area contributed by atoms with Crippen molar-refractivity contribution in [1.82, 2.24) is 4.98 Å². The minimum Gasteiger partial charge on any atom is -0.371 e. The van der Waals surface area contributed by atoms with Gasteiger partial charge in [-0.3, -0.25) is 0 Å². The summed E-state index contributed by atoms with van der Waals surface area (Å²) in [5, 5.41) is 5.57. The number of anilines is 2. The number of hydrogen-bond donors (Lipinski definition) is 2. The fraction of sp³-hybridized carbons (Fsp3) is 0.615. The third kappa shape index (κ3) is 4.13. The molecule has 0 fully saturated rings. The van der Waals surface area contributed by atoms with Crippen LogP contribution in [0.1, 0.15) is 39.5 Å². The van der Waals surface area contributed by atoms with Crippen LogP contribution in [0.5, 0.6) is 0 Å². The second kappa shape index (κ2) is 7.13. The van der Waals surface area contributed by atoms with Crippen LogP contribution in [0.3, 0.4) is 0 Å². The van der Waals surface area contributed by atoms with E-state index < -0.39 is 11.6 Å². The molecule has 0 saturated heterocycles. The Labute approximate surface area is 107 Å². The minimum atomic E-state index is -0.681. The largest absolute Gasteiger partial charge is 0.371 e. The van der Waals surface area contributed by atoms with E-state index in [1.807, 2.05) is 6.92 Å². The van der Waals surface area contributed by atoms with Gasteiger partial charge in [0.25, 0.3) is 0 Å². The fourth-order valence-electron chi connectivity index (χ4n) is 1.75. The van der Waals surface area contributed by atoms with Crippen LogP contribution in [0, 0.1) is 11.6 Å². The van der Waals surface area contributed by atoms with Gasteiger partial charge in [0.1, 0.15) is 0 Å². The van der Waals surface area contributed by atoms with E-state index in [0.29, 0.717) is 0 Å². The molecular weight excluding hydrogens is 236 g/mol. The first kappa shape index (κ1) is 14.7. The number of rotatable bonds is 7. The Bertz CT molecular complexity index is 383. The molecule has 0 aliphatic carbocycles. The van der Waals surface area contributed by atoms with E-state index in [1.54, 1.807) is 7.05 Å². The first-order valence-electron chi connectivity index (χ1n) is 6.38. The molecule has 0 amide bonds. The Morgan fingerprint density at radius 2 is 1.89 bits per heavy atom. The van der Waals surface area contributed by atoms with Gasteiger partial charge in [-0.15, -0.1) is 0 Å². The van der Waals surface area contributed by atoms with Gasteiger partial charge in [0, 0.05) is 19.2 Å². The molecule has 0 aliphatic heterocycles. The van der Waals surface area contributed by atoms with Crippen molar-refractivity contribution in [1.29, 1.82) is 0 Å². The summed E-state index contributed by atoms with van der Waals surface area (Å²) >= 11 is 0. The molecule has 1 atom stereocenters. The standard InChI is InChI=1S/C13H21F2N3/c1-4-5-6-7-9(2)17-13-11(15)8-10(14)12(16-3)18-13/h8-9H,4-7H2,1-3H3,(H2,16,17,18). The maximum Gasteiger partial charge on any atom is 0.168 e. The zero-order chi connectivity index (χ0) is 13.5. The van der Waals surface area contributed by atoms with Gasteiger partial charge in [-0.25, -0.2) is 13.8 Å². The van der Waals surface area contributed by atoms with E-state index in [2.05, 4.69) is 22.5 Å². The summed E-state index contributed by atoms with van der Waals surface area (Å²) in [4.78, 5) is 3.89. The molecule has 1 aromatic rings. The van der Waals surface area contributed by atoms with Crippen molar-refractivity contribution in [3.63, 3.8) is 0 Å². The van der Waals surface area contributed by atoms with Gasteiger partial charge >= 0.3 is 0 Å². The van der Waals surface area contributed by atoms with Crippen molar-refractivity contribution in [2.45, 2.75) is 45.6 Å². The predicted molar refractivity (Wildman–Crippen MR) is 70.9 cm³/mol. The molecule has 1 heterocycles. The summed E-state index contributed by atoms with van der Waals surface area (Å²) in [5.74, 6) is -1.18. The molecule has 5 heteroatoms. The maximum absolute atomic E-state index is 13.5. The van der Waals surface area contributed by atoms with Crippen LogP contribution in [0.2, 0.25) is 0 Å². The minimum absolute atomic E-state index is 0.0552. The zero-order valence-electron chi connectivity index (χ0n) is 11.2. The number of nitrogens with zero attached hydrogens (tertiary/aromatic N) is 1. The molecule has 0 bridgehead atoms. The monoisotopic (exact) mass is 257 g/mol. The van der Waals surface area contributed by atoms with Crippen molar-refractivity contribution in [3.05, 3.63) is 17.7 Å². The average molecular weight is 257 g/mol. The van der Waals surface area contributed by atoms with E-state index in [9.17, 15) is 8.78 Å². The van der Waals surface area contributed by atoms with Crippen molar-refractivity contribution < 1.29 is 8.78 Å². The molecule has 0 aromatic carbocycles. The lowest BCUT2D eigenvalue weighted by atomic mass is 10.1. The van der Waals surface area contributed by atoms with Gasteiger partial charge in [0.15, 0.2) is 23.3 Å². The molecule has 3 nitrogen and oxygen atoms in total. The SMILES string of the molecule is CCCCCC(C)Nc1nc(NC)c(F)cc1F. The fourth-order valence-corrected chi connectivity index (χ4v) is 1.75. The Hall–Kier alpha value is -1.39. The number of hydrogen-bond acceptors (Lipinski definition) is 3. The Kier molecular flexibility index (Phi) is 5.82. The molecule has 1 unspecified atom stereocenters. The lowest BCUT2D eigenvalue weighted by molar-refractivity contribution is 0.569. The highest BCUT2D eigenvalue weighted by Crippen LogP contribution is 2.20. The molecule has 0 saturated carbocycles. The van der Waals surface area contributed by atoms with Crippen LogP contribution >= 0.6 is 0 Å². The molecular formula is C13H21F2N3. The number of pyridine rings is 1. The van der Waals surface area contributed by atoms with Gasteiger partial charge < -0.3 is 10.6 Å². The van der Waals surface area contributed by atoms with Crippen LogP contribution in [0.4, 0.5) is 20.4 Å². The molecule has 2 N–H and O–H groups in total. The van der Waals surface area contributed by atoms with Crippen LogP contribution < -0.4 is 10.6 Å². The average Bonchev–Trinajstić information content (AvgIpc) is 2.33. The normalized spacial score (nSPS) is 12.3. The van der Waals surface area contributed by atoms with Gasteiger partial charge in [0.05, 0.1) is 0 Å². The van der Waals surface area contributed by atoms with E-state index in [-0.39, 0.29) is 17.7 Å². The molecule has 0 aliphatic rings. The smallest absolute Gasteiger partial charge is 0.168 e. The number of halogens is 2. The predicted octanol–water partition coefficient (Wildman–Crippen LogP) is 3.78. The Morgan fingerprint density at radius 3 is 2.50 bits per heavy atom. The Balaban J connectivity index is 2.65. The van der Waals surface area contributed by atoms with Gasteiger partial charge in [-0.2, -0.15) is 0 Å². The molecule has 0 spiro atoms. The first-order chi connectivity index (χ1) is 8.58. The summed E-state index contributed by atoms with van der Waals surface area (Å²) in [7, 11) is 1.55. The third-order valence-electron chi connectivity index (χ3n) is 2.79. The summed E-state index contributed by atoms with van der Waals surface area (Å²) in [6.07, 6.45) is 4.35. The molecule has 1 rings (SSSR count). The van der Waals surface area contributed by atoms with Crippen LogP contribution in [0.15, 0.2) is 6.07 Å². The second-order valence-electron chi connectivity index (χ2n) is 4.44. The Morgan fingerprint density at radius 1 is 1.22 bits per heavy atom. The number of nitrogens with one attached hydrogen (secondary N) is 2. The maximum atomic E-state index is 13.5. The quantitative estimate of drug-likeness (QED) is 0.730. The second-order valence-corrected chi connectivity index (χ2v) is 4.44. The van der Waals surface area contributed by atoms with Gasteiger partial charge in [-0.05, 0) is 13.3 Å². The van der Waals surface area contributed by atoms with Gasteiger partial charge in [0.2, 0.25) is 0 Å². The number of aromatic nitrogens is 1. The van der Waals surface area contributed by atoms with Gasteiger partial charge in [-0.1, -0.05) is 26.2 Å². The van der Waals surface area contributed by atoms with E-state index in [0.717, 1.165) is 31.7 Å². The van der Waals surface area contributed by atoms with E-state index >= 15 is 0 Å². The topological polar surface area (TPSA) is 37.0 Å². The highest BCUT2D eigenvalue weighted by molar-refractivity contribution is 5.47. The van der Waals surface area contributed by atoms with E-state index in [4.69, 9.17) is 0 Å². The van der Waals surface area contributed by atoms with Crippen molar-refractivity contribution >= 4 is 11.6 Å². The highest BCUT2D eigenvalue weighted by Gasteiger charge is 2.12. The summed E-state index contributed by atoms with van der Waals surface area (Å²) in [5.41, 5.74) is 0. The molecule has 102 valence electrons. The summed E-state index contributed by atoms with van der Waals surface area (Å²) in [6, 6.07) is 0.966. The van der Waals surface area contributed by atoms with Crippen molar-refractivity contribution in [2.24, 2.45) is 0 Å².